The molecule has 1 amide bonds. The van der Waals surface area contributed by atoms with Crippen LogP contribution in [0.25, 0.3) is 5.76 Å². The molecule has 1 unspecified atom stereocenters. The molecule has 1 saturated heterocycles. The first kappa shape index (κ1) is 22.0. The molecule has 166 valence electrons. The number of hydrogen-bond acceptors (Lipinski definition) is 4. The summed E-state index contributed by atoms with van der Waals surface area (Å²) >= 11 is 0. The summed E-state index contributed by atoms with van der Waals surface area (Å²) in [7, 11) is 0. The molecule has 1 aliphatic heterocycles. The lowest BCUT2D eigenvalue weighted by Gasteiger charge is -2.27. The molecular weight excluding hydrogens is 416 g/mol. The van der Waals surface area contributed by atoms with Crippen molar-refractivity contribution in [3.8, 4) is 5.75 Å². The fourth-order valence-corrected chi connectivity index (χ4v) is 3.87. The summed E-state index contributed by atoms with van der Waals surface area (Å²) in [5.41, 5.74) is 2.87. The third-order valence-corrected chi connectivity index (χ3v) is 5.53. The molecule has 1 atom stereocenters. The molecule has 1 aromatic heterocycles. The van der Waals surface area contributed by atoms with Gasteiger partial charge in [0.15, 0.2) is 12.4 Å². The van der Waals surface area contributed by atoms with Crippen LogP contribution in [0.3, 0.4) is 0 Å². The Hall–Kier alpha value is -4.19. The summed E-state index contributed by atoms with van der Waals surface area (Å²) in [6.45, 7) is 6.11. The number of benzene rings is 2. The molecule has 0 bridgehead atoms. The molecule has 2 heterocycles. The van der Waals surface area contributed by atoms with Gasteiger partial charge in [-0.05, 0) is 36.2 Å². The molecule has 3 aromatic rings. The number of rotatable bonds is 7. The van der Waals surface area contributed by atoms with Crippen molar-refractivity contribution >= 4 is 17.4 Å². The van der Waals surface area contributed by atoms with Crippen LogP contribution in [0.5, 0.6) is 5.75 Å². The zero-order valence-electron chi connectivity index (χ0n) is 18.3. The largest absolute Gasteiger partial charge is 0.872 e. The molecule has 0 aliphatic carbocycles. The van der Waals surface area contributed by atoms with Gasteiger partial charge < -0.3 is 14.7 Å². The summed E-state index contributed by atoms with van der Waals surface area (Å²) in [4.78, 5) is 30.6. The number of amides is 1. The van der Waals surface area contributed by atoms with Gasteiger partial charge in [-0.1, -0.05) is 60.4 Å². The van der Waals surface area contributed by atoms with Crippen molar-refractivity contribution in [2.75, 3.05) is 6.61 Å². The first-order chi connectivity index (χ1) is 16.0. The van der Waals surface area contributed by atoms with Crippen molar-refractivity contribution in [1.82, 2.24) is 4.90 Å². The van der Waals surface area contributed by atoms with E-state index in [2.05, 4.69) is 11.6 Å². The van der Waals surface area contributed by atoms with Crippen LogP contribution >= 0.6 is 0 Å². The highest BCUT2D eigenvalue weighted by Gasteiger charge is 2.44. The monoisotopic (exact) mass is 440 g/mol. The molecule has 0 saturated carbocycles. The number of aromatic nitrogens is 1. The van der Waals surface area contributed by atoms with Crippen molar-refractivity contribution < 1.29 is 24.4 Å². The smallest absolute Gasteiger partial charge is 0.295 e. The first-order valence-corrected chi connectivity index (χ1v) is 10.6. The number of likely N-dealkylation sites (tertiary alicyclic amines) is 1. The van der Waals surface area contributed by atoms with Gasteiger partial charge in [0.1, 0.15) is 12.4 Å². The molecule has 4 rings (SSSR count). The van der Waals surface area contributed by atoms with E-state index in [1.165, 1.54) is 4.90 Å². The van der Waals surface area contributed by atoms with Gasteiger partial charge >= 0.3 is 0 Å². The van der Waals surface area contributed by atoms with Crippen LogP contribution in [0.1, 0.15) is 28.3 Å². The number of carbonyl (C=O) groups excluding carboxylic acids is 2. The maximum atomic E-state index is 13.5. The number of hydrogen-bond donors (Lipinski definition) is 0. The standard InChI is InChI=1S/C27H24N2O4/c1-3-15-33-22-12-10-21(11-13-22)25(30)23-24(20-8-6-18(2)7-9-20)29(27(32)26(23)31)17-19-5-4-14-28-16-19/h3-14,16,24,30H,1,15,17H2,2H3. The van der Waals surface area contributed by atoms with E-state index in [0.717, 1.165) is 11.1 Å². The highest BCUT2D eigenvalue weighted by atomic mass is 16.5. The van der Waals surface area contributed by atoms with Crippen LogP contribution < -0.4 is 14.8 Å². The Kier molecular flexibility index (Phi) is 6.36. The van der Waals surface area contributed by atoms with Gasteiger partial charge in [-0.15, -0.1) is 0 Å². The number of aromatic amines is 1. The van der Waals surface area contributed by atoms with Gasteiger partial charge in [-0.2, -0.15) is 0 Å². The van der Waals surface area contributed by atoms with E-state index in [4.69, 9.17) is 4.74 Å². The Labute approximate surface area is 192 Å². The van der Waals surface area contributed by atoms with Gasteiger partial charge in [-0.3, -0.25) is 9.59 Å². The number of Topliss-reactive ketones (excluding diaryl/α,β-unsaturated/α-hetero) is 1. The Morgan fingerprint density at radius 3 is 2.48 bits per heavy atom. The average Bonchev–Trinajstić information content (AvgIpc) is 3.08. The summed E-state index contributed by atoms with van der Waals surface area (Å²) in [5.74, 6) is -1.32. The predicted octanol–water partition coefficient (Wildman–Crippen LogP) is 2.80. The zero-order chi connectivity index (χ0) is 23.4. The van der Waals surface area contributed by atoms with Crippen LogP contribution in [-0.4, -0.2) is 23.2 Å². The van der Waals surface area contributed by atoms with Gasteiger partial charge in [0, 0.05) is 17.2 Å². The molecule has 6 heteroatoms. The van der Waals surface area contributed by atoms with Gasteiger partial charge in [0.05, 0.1) is 12.6 Å². The highest BCUT2D eigenvalue weighted by Crippen LogP contribution is 2.39. The minimum absolute atomic E-state index is 0.0384. The number of nitrogens with one attached hydrogen (secondary N) is 1. The van der Waals surface area contributed by atoms with Crippen molar-refractivity contribution in [2.45, 2.75) is 19.5 Å². The molecule has 0 spiro atoms. The van der Waals surface area contributed by atoms with Gasteiger partial charge in [0.25, 0.3) is 5.91 Å². The van der Waals surface area contributed by atoms with Crippen LogP contribution in [0.2, 0.25) is 0 Å². The third kappa shape index (κ3) is 4.55. The number of ether oxygens (including phenoxy) is 1. The van der Waals surface area contributed by atoms with Crippen LogP contribution in [-0.2, 0) is 16.1 Å². The molecular formula is C27H24N2O4. The maximum absolute atomic E-state index is 13.5. The second-order valence-corrected chi connectivity index (χ2v) is 7.85. The van der Waals surface area contributed by atoms with Gasteiger partial charge in [-0.25, -0.2) is 4.98 Å². The quantitative estimate of drug-likeness (QED) is 0.245. The van der Waals surface area contributed by atoms with E-state index in [1.54, 1.807) is 42.7 Å². The Morgan fingerprint density at radius 2 is 1.85 bits per heavy atom. The molecule has 1 aliphatic rings. The Balaban J connectivity index is 1.78. The summed E-state index contributed by atoms with van der Waals surface area (Å²) in [6, 6.07) is 17.0. The Bertz CT molecular complexity index is 1200. The van der Waals surface area contributed by atoms with Crippen LogP contribution in [0, 0.1) is 6.92 Å². The first-order valence-electron chi connectivity index (χ1n) is 10.6. The molecule has 2 aromatic carbocycles. The highest BCUT2D eigenvalue weighted by molar-refractivity contribution is 6.46. The van der Waals surface area contributed by atoms with Crippen LogP contribution in [0.4, 0.5) is 0 Å². The Morgan fingerprint density at radius 1 is 1.12 bits per heavy atom. The van der Waals surface area contributed by atoms with E-state index < -0.39 is 23.5 Å². The summed E-state index contributed by atoms with van der Waals surface area (Å²) in [6.07, 6.45) is 5.16. The average molecular weight is 440 g/mol. The second-order valence-electron chi connectivity index (χ2n) is 7.85. The van der Waals surface area contributed by atoms with E-state index >= 15 is 0 Å². The lowest BCUT2D eigenvalue weighted by Crippen LogP contribution is -2.29. The zero-order valence-corrected chi connectivity index (χ0v) is 18.3. The van der Waals surface area contributed by atoms with Crippen molar-refractivity contribution in [3.05, 3.63) is 114 Å². The van der Waals surface area contributed by atoms with Crippen LogP contribution in [0.15, 0.2) is 91.3 Å². The lowest BCUT2D eigenvalue weighted by molar-refractivity contribution is -0.378. The minimum Gasteiger partial charge on any atom is -0.872 e. The number of pyridine rings is 1. The predicted molar refractivity (Wildman–Crippen MR) is 122 cm³/mol. The van der Waals surface area contributed by atoms with E-state index in [0.29, 0.717) is 23.5 Å². The fourth-order valence-electron chi connectivity index (χ4n) is 3.87. The van der Waals surface area contributed by atoms with Crippen molar-refractivity contribution in [2.24, 2.45) is 0 Å². The number of H-pyrrole nitrogens is 1. The topological polar surface area (TPSA) is 83.8 Å². The lowest BCUT2D eigenvalue weighted by atomic mass is 9.94. The summed E-state index contributed by atoms with van der Waals surface area (Å²) < 4.78 is 5.47. The van der Waals surface area contributed by atoms with Crippen molar-refractivity contribution in [1.29, 1.82) is 0 Å². The minimum atomic E-state index is -0.769. The number of aryl methyl sites for hydroxylation is 1. The summed E-state index contributed by atoms with van der Waals surface area (Å²) in [5, 5.41) is 13.5. The molecule has 1 fully saturated rings. The number of carbonyl (C=O) groups is 2. The fraction of sp³-hybridized carbons (Fsp3) is 0.148. The van der Waals surface area contributed by atoms with Crippen molar-refractivity contribution in [3.63, 3.8) is 0 Å². The maximum Gasteiger partial charge on any atom is 0.295 e. The molecule has 6 nitrogen and oxygen atoms in total. The second kappa shape index (κ2) is 9.53. The number of ketones is 1. The molecule has 0 radical (unpaired) electrons. The SMILES string of the molecule is C=CCOc1ccc(C([O-])=C2C(=O)C(=O)N(Cc3ccc[nH+]c3)C2c2ccc(C)cc2)cc1. The third-order valence-electron chi connectivity index (χ3n) is 5.53. The normalized spacial score (nSPS) is 17.2. The molecule has 33 heavy (non-hydrogen) atoms. The van der Waals surface area contributed by atoms with E-state index in [9.17, 15) is 14.7 Å². The molecule has 1 N–H and O–H groups in total. The number of nitrogens with zero attached hydrogens (tertiary/aromatic N) is 1. The van der Waals surface area contributed by atoms with Gasteiger partial charge in [0.2, 0.25) is 5.78 Å². The van der Waals surface area contributed by atoms with E-state index in [-0.39, 0.29) is 12.1 Å². The van der Waals surface area contributed by atoms with E-state index in [1.807, 2.05) is 43.3 Å².